The lowest BCUT2D eigenvalue weighted by molar-refractivity contribution is -0.123. The molecule has 0 aliphatic rings. The lowest BCUT2D eigenvalue weighted by atomic mass is 10.3. The summed E-state index contributed by atoms with van der Waals surface area (Å²) in [7, 11) is 5.46. The Morgan fingerprint density at radius 3 is 2.36 bits per heavy atom. The molecule has 0 aliphatic heterocycles. The molecule has 0 spiro atoms. The molecule has 0 saturated carbocycles. The minimum absolute atomic E-state index is 0.0585. The van der Waals surface area contributed by atoms with E-state index in [1.54, 1.807) is 31.3 Å². The first kappa shape index (κ1) is 18.1. The van der Waals surface area contributed by atoms with Crippen LogP contribution >= 0.6 is 0 Å². The predicted octanol–water partition coefficient (Wildman–Crippen LogP) is 1.65. The average molecular weight is 308 g/mol. The number of ether oxygens (including phenoxy) is 2. The Labute approximate surface area is 131 Å². The summed E-state index contributed by atoms with van der Waals surface area (Å²) in [6.07, 6.45) is 0.0209. The molecule has 0 aliphatic carbocycles. The van der Waals surface area contributed by atoms with Crippen LogP contribution < -0.4 is 4.74 Å². The van der Waals surface area contributed by atoms with Crippen molar-refractivity contribution in [2.75, 3.05) is 47.4 Å². The van der Waals surface area contributed by atoms with E-state index in [1.165, 1.54) is 4.90 Å². The van der Waals surface area contributed by atoms with Crippen molar-refractivity contribution in [3.8, 4) is 5.75 Å². The lowest BCUT2D eigenvalue weighted by Crippen LogP contribution is -2.33. The lowest BCUT2D eigenvalue weighted by Gasteiger charge is -2.16. The molecule has 6 heteroatoms. The number of benzene rings is 1. The average Bonchev–Trinajstić information content (AvgIpc) is 2.50. The fourth-order valence-electron chi connectivity index (χ4n) is 1.57. The first-order valence-corrected chi connectivity index (χ1v) is 7.21. The van der Waals surface area contributed by atoms with Crippen LogP contribution in [0, 0.1) is 0 Å². The van der Waals surface area contributed by atoms with Crippen LogP contribution in [-0.2, 0) is 9.53 Å². The molecule has 0 bridgehead atoms. The van der Waals surface area contributed by atoms with Crippen LogP contribution in [0.4, 0.5) is 4.79 Å². The van der Waals surface area contributed by atoms with Crippen molar-refractivity contribution in [3.05, 3.63) is 30.3 Å². The van der Waals surface area contributed by atoms with Gasteiger partial charge in [-0.05, 0) is 26.2 Å². The number of amides is 1. The molecule has 6 nitrogen and oxygen atoms in total. The smallest absolute Gasteiger partial charge is 0.410 e. The van der Waals surface area contributed by atoms with Crippen LogP contribution in [0.2, 0.25) is 0 Å². The topological polar surface area (TPSA) is 59.1 Å². The van der Waals surface area contributed by atoms with Crippen LogP contribution in [0.15, 0.2) is 30.3 Å². The number of rotatable bonds is 9. The number of hydrogen-bond acceptors (Lipinski definition) is 5. The molecule has 0 heterocycles. The van der Waals surface area contributed by atoms with Crippen molar-refractivity contribution < 1.29 is 19.1 Å². The maximum atomic E-state index is 11.8. The van der Waals surface area contributed by atoms with E-state index in [0.717, 1.165) is 0 Å². The summed E-state index contributed by atoms with van der Waals surface area (Å²) in [6, 6.07) is 8.87. The molecular weight excluding hydrogens is 284 g/mol. The monoisotopic (exact) mass is 308 g/mol. The van der Waals surface area contributed by atoms with Crippen molar-refractivity contribution >= 4 is 11.9 Å². The van der Waals surface area contributed by atoms with Crippen LogP contribution in [0.3, 0.4) is 0 Å². The highest BCUT2D eigenvalue weighted by molar-refractivity contribution is 5.79. The summed E-state index contributed by atoms with van der Waals surface area (Å²) in [6.45, 7) is 1.46. The maximum Gasteiger partial charge on any atom is 0.415 e. The predicted molar refractivity (Wildman–Crippen MR) is 84.1 cm³/mol. The quantitative estimate of drug-likeness (QED) is 0.649. The Balaban J connectivity index is 2.16. The number of carbonyl (C=O) groups is 2. The van der Waals surface area contributed by atoms with Crippen molar-refractivity contribution in [2.45, 2.75) is 6.42 Å². The highest BCUT2D eigenvalue weighted by Gasteiger charge is 2.11. The third-order valence-electron chi connectivity index (χ3n) is 2.93. The van der Waals surface area contributed by atoms with Crippen LogP contribution in [-0.4, -0.2) is 69.1 Å². The molecule has 0 N–H and O–H groups in total. The van der Waals surface area contributed by atoms with Gasteiger partial charge in [0.2, 0.25) is 0 Å². The SMILES string of the molecule is CN(C)CCC(=O)COCCN(C)C(=O)Oc1ccccc1. The fourth-order valence-corrected chi connectivity index (χ4v) is 1.57. The maximum absolute atomic E-state index is 11.8. The van der Waals surface area contributed by atoms with Gasteiger partial charge in [0.15, 0.2) is 5.78 Å². The highest BCUT2D eigenvalue weighted by Crippen LogP contribution is 2.09. The van der Waals surface area contributed by atoms with Gasteiger partial charge < -0.3 is 19.3 Å². The van der Waals surface area contributed by atoms with Gasteiger partial charge in [-0.25, -0.2) is 4.79 Å². The minimum atomic E-state index is -0.450. The van der Waals surface area contributed by atoms with Crippen molar-refractivity contribution in [2.24, 2.45) is 0 Å². The van der Waals surface area contributed by atoms with Gasteiger partial charge in [-0.15, -0.1) is 0 Å². The third-order valence-corrected chi connectivity index (χ3v) is 2.93. The van der Waals surface area contributed by atoms with E-state index in [4.69, 9.17) is 9.47 Å². The van der Waals surface area contributed by atoms with Crippen molar-refractivity contribution in [3.63, 3.8) is 0 Å². The van der Waals surface area contributed by atoms with E-state index in [1.807, 2.05) is 25.1 Å². The van der Waals surface area contributed by atoms with Crippen molar-refractivity contribution in [1.29, 1.82) is 0 Å². The molecule has 1 amide bonds. The van der Waals surface area contributed by atoms with E-state index in [0.29, 0.717) is 31.9 Å². The van der Waals surface area contributed by atoms with Crippen LogP contribution in [0.5, 0.6) is 5.75 Å². The number of hydrogen-bond donors (Lipinski definition) is 0. The summed E-state index contributed by atoms with van der Waals surface area (Å²) in [5, 5.41) is 0. The number of carbonyl (C=O) groups excluding carboxylic acids is 2. The summed E-state index contributed by atoms with van der Waals surface area (Å²) in [5.74, 6) is 0.558. The first-order valence-electron chi connectivity index (χ1n) is 7.21. The Morgan fingerprint density at radius 1 is 1.05 bits per heavy atom. The number of ketones is 1. The highest BCUT2D eigenvalue weighted by atomic mass is 16.6. The normalized spacial score (nSPS) is 10.5. The van der Waals surface area contributed by atoms with Crippen LogP contribution in [0.25, 0.3) is 0 Å². The Hall–Kier alpha value is -1.92. The van der Waals surface area contributed by atoms with E-state index in [9.17, 15) is 9.59 Å². The summed E-state index contributed by atoms with van der Waals surface area (Å²) in [5.41, 5.74) is 0. The molecule has 1 aromatic carbocycles. The Kier molecular flexibility index (Phi) is 8.17. The van der Waals surface area contributed by atoms with E-state index in [2.05, 4.69) is 0 Å². The summed E-state index contributed by atoms with van der Waals surface area (Å²) in [4.78, 5) is 26.7. The Morgan fingerprint density at radius 2 is 1.73 bits per heavy atom. The summed E-state index contributed by atoms with van der Waals surface area (Å²) >= 11 is 0. The molecule has 22 heavy (non-hydrogen) atoms. The summed E-state index contributed by atoms with van der Waals surface area (Å²) < 4.78 is 10.5. The van der Waals surface area contributed by atoms with Gasteiger partial charge in [-0.3, -0.25) is 4.79 Å². The second kappa shape index (κ2) is 9.92. The second-order valence-corrected chi connectivity index (χ2v) is 5.25. The molecule has 1 rings (SSSR count). The van der Waals surface area contributed by atoms with Gasteiger partial charge in [0.05, 0.1) is 6.61 Å². The zero-order valence-electron chi connectivity index (χ0n) is 13.4. The largest absolute Gasteiger partial charge is 0.415 e. The third kappa shape index (κ3) is 7.75. The standard InChI is InChI=1S/C16H24N2O4/c1-17(2)10-9-14(19)13-21-12-11-18(3)16(20)22-15-7-5-4-6-8-15/h4-8H,9-13H2,1-3H3. The molecule has 1 aromatic rings. The van der Waals surface area contributed by atoms with Gasteiger partial charge >= 0.3 is 6.09 Å². The van der Waals surface area contributed by atoms with Crippen molar-refractivity contribution in [1.82, 2.24) is 9.80 Å². The minimum Gasteiger partial charge on any atom is -0.410 e. The van der Waals surface area contributed by atoms with E-state index < -0.39 is 6.09 Å². The van der Waals surface area contributed by atoms with Gasteiger partial charge in [0, 0.05) is 26.6 Å². The zero-order valence-corrected chi connectivity index (χ0v) is 13.4. The Bertz CT molecular complexity index is 462. The molecule has 122 valence electrons. The number of Topliss-reactive ketones (excluding diaryl/α,β-unsaturated/α-hetero) is 1. The zero-order chi connectivity index (χ0) is 16.4. The number of nitrogens with zero attached hydrogens (tertiary/aromatic N) is 2. The molecule has 0 unspecified atom stereocenters. The molecule has 0 radical (unpaired) electrons. The molecule has 0 aromatic heterocycles. The van der Waals surface area contributed by atoms with Gasteiger partial charge in [-0.1, -0.05) is 18.2 Å². The molecule has 0 saturated heterocycles. The van der Waals surface area contributed by atoms with Gasteiger partial charge in [0.25, 0.3) is 0 Å². The van der Waals surface area contributed by atoms with E-state index >= 15 is 0 Å². The molecular formula is C16H24N2O4. The number of para-hydroxylation sites is 1. The molecule has 0 atom stereocenters. The number of likely N-dealkylation sites (N-methyl/N-ethyl adjacent to an activating group) is 1. The fraction of sp³-hybridized carbons (Fsp3) is 0.500. The van der Waals surface area contributed by atoms with Gasteiger partial charge in [0.1, 0.15) is 12.4 Å². The van der Waals surface area contributed by atoms with Crippen LogP contribution in [0.1, 0.15) is 6.42 Å². The second-order valence-electron chi connectivity index (χ2n) is 5.25. The first-order chi connectivity index (χ1) is 10.5. The molecule has 0 fully saturated rings. The van der Waals surface area contributed by atoms with E-state index in [-0.39, 0.29) is 12.4 Å². The van der Waals surface area contributed by atoms with Gasteiger partial charge in [-0.2, -0.15) is 0 Å².